The van der Waals surface area contributed by atoms with E-state index < -0.39 is 5.41 Å². The van der Waals surface area contributed by atoms with Crippen LogP contribution < -0.4 is 10.5 Å². The highest BCUT2D eigenvalue weighted by molar-refractivity contribution is 6.16. The van der Waals surface area contributed by atoms with Gasteiger partial charge in [0.1, 0.15) is 11.6 Å². The average molecular weight is 296 g/mol. The number of primary amides is 1. The predicted molar refractivity (Wildman–Crippen MR) is 78.8 cm³/mol. The van der Waals surface area contributed by atoms with Crippen LogP contribution in [-0.2, 0) is 17.2 Å². The molecule has 2 N–H and O–H groups in total. The summed E-state index contributed by atoms with van der Waals surface area (Å²) in [6.07, 6.45) is 0. The number of methoxy groups -OCH3 is 1. The number of benzene rings is 1. The van der Waals surface area contributed by atoms with Crippen molar-refractivity contribution in [3.63, 3.8) is 0 Å². The number of rotatable bonds is 5. The van der Waals surface area contributed by atoms with Crippen LogP contribution in [0.3, 0.4) is 0 Å². The SMILES string of the molecule is COc1ccc2c(c1)nc(CCl)n2CC(C)(C)C(N)=O. The summed E-state index contributed by atoms with van der Waals surface area (Å²) < 4.78 is 7.12. The third-order valence-corrected chi connectivity index (χ3v) is 3.61. The van der Waals surface area contributed by atoms with Gasteiger partial charge in [0.05, 0.1) is 29.4 Å². The van der Waals surface area contributed by atoms with Gasteiger partial charge < -0.3 is 15.0 Å². The third-order valence-electron chi connectivity index (χ3n) is 3.37. The number of carbonyl (C=O) groups is 1. The molecule has 6 heteroatoms. The Morgan fingerprint density at radius 2 is 2.20 bits per heavy atom. The number of nitrogens with zero attached hydrogens (tertiary/aromatic N) is 2. The topological polar surface area (TPSA) is 70.1 Å². The van der Waals surface area contributed by atoms with Gasteiger partial charge in [-0.3, -0.25) is 4.79 Å². The lowest BCUT2D eigenvalue weighted by atomic mass is 9.92. The van der Waals surface area contributed by atoms with E-state index in [1.165, 1.54) is 0 Å². The fraction of sp³-hybridized carbons (Fsp3) is 0.429. The summed E-state index contributed by atoms with van der Waals surface area (Å²) in [5.41, 5.74) is 6.47. The maximum absolute atomic E-state index is 11.5. The summed E-state index contributed by atoms with van der Waals surface area (Å²) in [6.45, 7) is 4.05. The van der Waals surface area contributed by atoms with Crippen molar-refractivity contribution in [3.05, 3.63) is 24.0 Å². The average Bonchev–Trinajstić information content (AvgIpc) is 2.75. The fourth-order valence-corrected chi connectivity index (χ4v) is 2.24. The van der Waals surface area contributed by atoms with Gasteiger partial charge >= 0.3 is 0 Å². The Balaban J connectivity index is 2.53. The van der Waals surface area contributed by atoms with Gasteiger partial charge in [-0.15, -0.1) is 11.6 Å². The van der Waals surface area contributed by atoms with Crippen LogP contribution >= 0.6 is 11.6 Å². The molecule has 0 aliphatic carbocycles. The number of fused-ring (bicyclic) bond motifs is 1. The van der Waals surface area contributed by atoms with Gasteiger partial charge in [0.2, 0.25) is 5.91 Å². The van der Waals surface area contributed by atoms with Gasteiger partial charge in [-0.05, 0) is 26.0 Å². The molecule has 0 fully saturated rings. The Kier molecular flexibility index (Phi) is 3.90. The molecule has 108 valence electrons. The van der Waals surface area contributed by atoms with Crippen molar-refractivity contribution in [1.82, 2.24) is 9.55 Å². The first-order valence-corrected chi connectivity index (χ1v) is 6.81. The lowest BCUT2D eigenvalue weighted by Crippen LogP contribution is -2.35. The van der Waals surface area contributed by atoms with Gasteiger partial charge in [-0.1, -0.05) is 0 Å². The first-order chi connectivity index (χ1) is 9.39. The summed E-state index contributed by atoms with van der Waals surface area (Å²) in [6, 6.07) is 5.61. The number of imidazole rings is 1. The highest BCUT2D eigenvalue weighted by atomic mass is 35.5. The second-order valence-electron chi connectivity index (χ2n) is 5.35. The molecule has 0 aliphatic rings. The molecule has 2 aromatic rings. The Labute approximate surface area is 122 Å². The third kappa shape index (κ3) is 2.58. The molecule has 0 atom stereocenters. The van der Waals surface area contributed by atoms with Gasteiger partial charge in [-0.2, -0.15) is 0 Å². The number of amides is 1. The first kappa shape index (κ1) is 14.7. The summed E-state index contributed by atoms with van der Waals surface area (Å²) in [5, 5.41) is 0. The molecule has 0 radical (unpaired) electrons. The number of ether oxygens (including phenoxy) is 1. The maximum Gasteiger partial charge on any atom is 0.224 e. The number of alkyl halides is 1. The smallest absolute Gasteiger partial charge is 0.224 e. The number of hydrogen-bond donors (Lipinski definition) is 1. The molecule has 5 nitrogen and oxygen atoms in total. The van der Waals surface area contributed by atoms with Crippen molar-refractivity contribution >= 4 is 28.5 Å². The van der Waals surface area contributed by atoms with E-state index in [9.17, 15) is 4.79 Å². The largest absolute Gasteiger partial charge is 0.497 e. The van der Waals surface area contributed by atoms with Crippen molar-refractivity contribution in [2.24, 2.45) is 11.1 Å². The van der Waals surface area contributed by atoms with Crippen molar-refractivity contribution in [3.8, 4) is 5.75 Å². The second kappa shape index (κ2) is 5.32. The van der Waals surface area contributed by atoms with Crippen LogP contribution in [0.25, 0.3) is 11.0 Å². The lowest BCUT2D eigenvalue weighted by Gasteiger charge is -2.22. The highest BCUT2D eigenvalue weighted by Crippen LogP contribution is 2.26. The first-order valence-electron chi connectivity index (χ1n) is 6.28. The van der Waals surface area contributed by atoms with Gasteiger partial charge in [-0.25, -0.2) is 4.98 Å². The normalized spacial score (nSPS) is 11.8. The van der Waals surface area contributed by atoms with Crippen LogP contribution in [0.5, 0.6) is 5.75 Å². The van der Waals surface area contributed by atoms with E-state index in [2.05, 4.69) is 4.98 Å². The lowest BCUT2D eigenvalue weighted by molar-refractivity contribution is -0.126. The molecule has 2 rings (SSSR count). The summed E-state index contributed by atoms with van der Waals surface area (Å²) in [5.74, 6) is 1.36. The molecule has 1 aromatic carbocycles. The Bertz CT molecular complexity index is 649. The minimum absolute atomic E-state index is 0.270. The monoisotopic (exact) mass is 295 g/mol. The zero-order valence-electron chi connectivity index (χ0n) is 11.8. The molecule has 1 amide bonds. The number of aromatic nitrogens is 2. The van der Waals surface area contributed by atoms with E-state index in [4.69, 9.17) is 22.1 Å². The molecule has 0 unspecified atom stereocenters. The Morgan fingerprint density at radius 1 is 1.50 bits per heavy atom. The van der Waals surface area contributed by atoms with Crippen molar-refractivity contribution in [2.75, 3.05) is 7.11 Å². The summed E-state index contributed by atoms with van der Waals surface area (Å²) in [7, 11) is 1.61. The van der Waals surface area contributed by atoms with Crippen LogP contribution in [0.15, 0.2) is 18.2 Å². The van der Waals surface area contributed by atoms with E-state index in [0.717, 1.165) is 16.8 Å². The molecule has 1 aromatic heterocycles. The van der Waals surface area contributed by atoms with Crippen LogP contribution in [0.4, 0.5) is 0 Å². The van der Waals surface area contributed by atoms with E-state index in [1.54, 1.807) is 7.11 Å². The molecule has 0 spiro atoms. The molecule has 0 aliphatic heterocycles. The van der Waals surface area contributed by atoms with Crippen molar-refractivity contribution < 1.29 is 9.53 Å². The number of carbonyl (C=O) groups excluding carboxylic acids is 1. The van der Waals surface area contributed by atoms with Crippen LogP contribution in [-0.4, -0.2) is 22.6 Å². The minimum Gasteiger partial charge on any atom is -0.497 e. The standard InChI is InChI=1S/C14H18ClN3O2/c1-14(2,13(16)19)8-18-11-5-4-9(20-3)6-10(11)17-12(18)7-15/h4-6H,7-8H2,1-3H3,(H2,16,19). The summed E-state index contributed by atoms with van der Waals surface area (Å²) >= 11 is 5.95. The predicted octanol–water partition coefficient (Wildman–Crippen LogP) is 2.30. The van der Waals surface area contributed by atoms with Gasteiger partial charge in [0.25, 0.3) is 0 Å². The van der Waals surface area contributed by atoms with Crippen LogP contribution in [0.2, 0.25) is 0 Å². The summed E-state index contributed by atoms with van der Waals surface area (Å²) in [4.78, 5) is 16.0. The van der Waals surface area contributed by atoms with Gasteiger partial charge in [0, 0.05) is 12.6 Å². The van der Waals surface area contributed by atoms with Gasteiger partial charge in [0.15, 0.2) is 0 Å². The Morgan fingerprint density at radius 3 is 2.75 bits per heavy atom. The maximum atomic E-state index is 11.5. The van der Waals surface area contributed by atoms with E-state index in [1.807, 2.05) is 36.6 Å². The molecule has 0 saturated heterocycles. The molecule has 0 saturated carbocycles. The number of halogens is 1. The molecule has 0 bridgehead atoms. The molecular formula is C14H18ClN3O2. The highest BCUT2D eigenvalue weighted by Gasteiger charge is 2.27. The quantitative estimate of drug-likeness (QED) is 0.860. The van der Waals surface area contributed by atoms with E-state index in [-0.39, 0.29) is 11.8 Å². The molecule has 20 heavy (non-hydrogen) atoms. The minimum atomic E-state index is -0.672. The van der Waals surface area contributed by atoms with Crippen LogP contribution in [0, 0.1) is 5.41 Å². The van der Waals surface area contributed by atoms with E-state index >= 15 is 0 Å². The fourth-order valence-electron chi connectivity index (χ4n) is 2.04. The Hall–Kier alpha value is -1.75. The molecular weight excluding hydrogens is 278 g/mol. The van der Waals surface area contributed by atoms with E-state index in [0.29, 0.717) is 12.4 Å². The number of nitrogens with two attached hydrogens (primary N) is 1. The molecule has 1 heterocycles. The number of hydrogen-bond acceptors (Lipinski definition) is 3. The van der Waals surface area contributed by atoms with Crippen LogP contribution in [0.1, 0.15) is 19.7 Å². The second-order valence-corrected chi connectivity index (χ2v) is 5.62. The zero-order chi connectivity index (χ0) is 14.9. The zero-order valence-corrected chi connectivity index (χ0v) is 12.6. The van der Waals surface area contributed by atoms with Crippen molar-refractivity contribution in [2.45, 2.75) is 26.3 Å². The van der Waals surface area contributed by atoms with Crippen molar-refractivity contribution in [1.29, 1.82) is 0 Å².